The van der Waals surface area contributed by atoms with Crippen molar-refractivity contribution in [2.75, 3.05) is 0 Å². The highest BCUT2D eigenvalue weighted by Gasteiger charge is 2.12. The van der Waals surface area contributed by atoms with E-state index < -0.39 is 10.8 Å². The predicted octanol–water partition coefficient (Wildman–Crippen LogP) is 4.09. The van der Waals surface area contributed by atoms with Gasteiger partial charge in [0.15, 0.2) is 0 Å². The van der Waals surface area contributed by atoms with E-state index in [0.717, 1.165) is 16.7 Å². The van der Waals surface area contributed by atoms with Crippen molar-refractivity contribution in [2.45, 2.75) is 6.92 Å². The number of carbonyl (C=O) groups excluding carboxylic acids is 1. The van der Waals surface area contributed by atoms with Gasteiger partial charge in [-0.1, -0.05) is 66.2 Å². The molecule has 0 fully saturated rings. The second-order valence-electron chi connectivity index (χ2n) is 5.94. The third-order valence-corrected chi connectivity index (χ3v) is 3.96. The Morgan fingerprint density at radius 1 is 0.889 bits per heavy atom. The average Bonchev–Trinajstić information content (AvgIpc) is 2.70. The molecule has 6 heteroatoms. The number of amides is 1. The molecule has 0 saturated heterocycles. The van der Waals surface area contributed by atoms with Gasteiger partial charge in [-0.2, -0.15) is 5.10 Å². The molecule has 0 spiro atoms. The van der Waals surface area contributed by atoms with Gasteiger partial charge in [0.25, 0.3) is 11.6 Å². The maximum absolute atomic E-state index is 12.4. The van der Waals surface area contributed by atoms with E-state index in [-0.39, 0.29) is 11.3 Å². The number of hydrazone groups is 1. The molecule has 3 aromatic rings. The number of carbonyl (C=O) groups is 1. The molecule has 1 N–H and O–H groups in total. The van der Waals surface area contributed by atoms with Gasteiger partial charge in [0.2, 0.25) is 0 Å². The van der Waals surface area contributed by atoms with Crippen LogP contribution >= 0.6 is 0 Å². The van der Waals surface area contributed by atoms with Gasteiger partial charge in [0, 0.05) is 28.8 Å². The lowest BCUT2D eigenvalue weighted by Gasteiger charge is -2.08. The Bertz CT molecular complexity index is 997. The molecule has 134 valence electrons. The summed E-state index contributed by atoms with van der Waals surface area (Å²) in [6.07, 6.45) is 0. The van der Waals surface area contributed by atoms with Crippen LogP contribution in [0.25, 0.3) is 0 Å². The van der Waals surface area contributed by atoms with Gasteiger partial charge in [0.05, 0.1) is 10.6 Å². The second-order valence-corrected chi connectivity index (χ2v) is 5.94. The van der Waals surface area contributed by atoms with Gasteiger partial charge in [-0.05, 0) is 13.0 Å². The molecule has 27 heavy (non-hydrogen) atoms. The second kappa shape index (κ2) is 8.05. The molecule has 0 unspecified atom stereocenters. The minimum absolute atomic E-state index is 0.145. The van der Waals surface area contributed by atoms with E-state index >= 15 is 0 Å². The Hall–Kier alpha value is -3.80. The van der Waals surface area contributed by atoms with Crippen LogP contribution in [0.5, 0.6) is 0 Å². The predicted molar refractivity (Wildman–Crippen MR) is 104 cm³/mol. The van der Waals surface area contributed by atoms with Crippen LogP contribution in [0.15, 0.2) is 84.0 Å². The van der Waals surface area contributed by atoms with Crippen molar-refractivity contribution in [3.05, 3.63) is 111 Å². The number of hydrogen-bond acceptors (Lipinski definition) is 4. The summed E-state index contributed by atoms with van der Waals surface area (Å²) in [5.74, 6) is -0.515. The van der Waals surface area contributed by atoms with E-state index in [2.05, 4.69) is 10.5 Å². The van der Waals surface area contributed by atoms with E-state index in [1.165, 1.54) is 24.3 Å². The lowest BCUT2D eigenvalue weighted by atomic mass is 10.0. The minimum atomic E-state index is -0.540. The summed E-state index contributed by atoms with van der Waals surface area (Å²) in [5, 5.41) is 15.2. The van der Waals surface area contributed by atoms with E-state index in [1.807, 2.05) is 61.5 Å². The molecule has 0 radical (unpaired) electrons. The smallest absolute Gasteiger partial charge is 0.267 e. The zero-order valence-electron chi connectivity index (χ0n) is 14.6. The van der Waals surface area contributed by atoms with E-state index in [1.54, 1.807) is 0 Å². The Morgan fingerprint density at radius 3 is 2.19 bits per heavy atom. The molecule has 0 aliphatic heterocycles. The highest BCUT2D eigenvalue weighted by atomic mass is 16.6. The van der Waals surface area contributed by atoms with Crippen molar-refractivity contribution in [1.82, 2.24) is 5.43 Å². The Balaban J connectivity index is 1.92. The summed E-state index contributed by atoms with van der Waals surface area (Å²) in [7, 11) is 0. The molecular weight excluding hydrogens is 342 g/mol. The van der Waals surface area contributed by atoms with Gasteiger partial charge in [-0.3, -0.25) is 14.9 Å². The van der Waals surface area contributed by atoms with Crippen molar-refractivity contribution in [3.63, 3.8) is 0 Å². The number of nitrogens with one attached hydrogen (secondary N) is 1. The number of benzene rings is 3. The monoisotopic (exact) mass is 359 g/mol. The zero-order valence-corrected chi connectivity index (χ0v) is 14.6. The highest BCUT2D eigenvalue weighted by molar-refractivity contribution is 6.13. The van der Waals surface area contributed by atoms with E-state index in [0.29, 0.717) is 5.71 Å². The number of nitrogens with zero attached hydrogens (tertiary/aromatic N) is 2. The Morgan fingerprint density at radius 2 is 1.52 bits per heavy atom. The normalized spacial score (nSPS) is 11.1. The van der Waals surface area contributed by atoms with Crippen molar-refractivity contribution >= 4 is 17.3 Å². The molecule has 1 amide bonds. The van der Waals surface area contributed by atoms with Crippen molar-refractivity contribution in [3.8, 4) is 0 Å². The fraction of sp³-hybridized carbons (Fsp3) is 0.0476. The zero-order chi connectivity index (χ0) is 19.2. The maximum Gasteiger partial charge on any atom is 0.271 e. The minimum Gasteiger partial charge on any atom is -0.267 e. The Kier molecular flexibility index (Phi) is 5.37. The quantitative estimate of drug-likeness (QED) is 0.423. The van der Waals surface area contributed by atoms with Gasteiger partial charge >= 0.3 is 0 Å². The van der Waals surface area contributed by atoms with Crippen LogP contribution in [0.4, 0.5) is 5.69 Å². The molecule has 6 nitrogen and oxygen atoms in total. The summed E-state index contributed by atoms with van der Waals surface area (Å²) in [4.78, 5) is 22.7. The fourth-order valence-corrected chi connectivity index (χ4v) is 2.54. The van der Waals surface area contributed by atoms with E-state index in [4.69, 9.17) is 0 Å². The van der Waals surface area contributed by atoms with Gasteiger partial charge in [-0.15, -0.1) is 0 Å². The van der Waals surface area contributed by atoms with Crippen molar-refractivity contribution < 1.29 is 9.72 Å². The third kappa shape index (κ3) is 4.43. The molecule has 0 bridgehead atoms. The molecule has 0 aliphatic carbocycles. The lowest BCUT2D eigenvalue weighted by molar-refractivity contribution is -0.384. The topological polar surface area (TPSA) is 84.6 Å². The summed E-state index contributed by atoms with van der Waals surface area (Å²) in [6.45, 7) is 1.99. The number of nitro benzene ring substituents is 1. The van der Waals surface area contributed by atoms with Gasteiger partial charge in [0.1, 0.15) is 0 Å². The van der Waals surface area contributed by atoms with Crippen molar-refractivity contribution in [1.29, 1.82) is 0 Å². The average molecular weight is 359 g/mol. The van der Waals surface area contributed by atoms with Crippen LogP contribution in [0.1, 0.15) is 27.0 Å². The van der Waals surface area contributed by atoms with Crippen LogP contribution in [0.3, 0.4) is 0 Å². The van der Waals surface area contributed by atoms with Gasteiger partial charge in [-0.25, -0.2) is 5.43 Å². The summed E-state index contributed by atoms with van der Waals surface area (Å²) in [6, 6.07) is 22.8. The van der Waals surface area contributed by atoms with Crippen molar-refractivity contribution in [2.24, 2.45) is 5.10 Å². The largest absolute Gasteiger partial charge is 0.271 e. The first kappa shape index (κ1) is 18.0. The standard InChI is InChI=1S/C21H17N3O3/c1-15-10-12-17(13-11-15)20(16-6-3-2-4-7-16)22-23-21(25)18-8-5-9-19(14-18)24(26)27/h2-14H,1H3,(H,23,25)/b22-20-. The lowest BCUT2D eigenvalue weighted by Crippen LogP contribution is -2.20. The number of hydrogen-bond donors (Lipinski definition) is 1. The number of non-ortho nitro benzene ring substituents is 1. The molecule has 0 heterocycles. The first-order chi connectivity index (χ1) is 13.0. The number of rotatable bonds is 5. The molecular formula is C21H17N3O3. The van der Waals surface area contributed by atoms with Crippen LogP contribution in [-0.4, -0.2) is 16.5 Å². The molecule has 0 atom stereocenters. The van der Waals surface area contributed by atoms with Gasteiger partial charge < -0.3 is 0 Å². The summed E-state index contributed by atoms with van der Waals surface area (Å²) < 4.78 is 0. The maximum atomic E-state index is 12.4. The van der Waals surface area contributed by atoms with E-state index in [9.17, 15) is 14.9 Å². The SMILES string of the molecule is Cc1ccc(/C(=N\NC(=O)c2cccc([N+](=O)[O-])c2)c2ccccc2)cc1. The molecule has 0 aliphatic rings. The fourth-order valence-electron chi connectivity index (χ4n) is 2.54. The Labute approximate surface area is 156 Å². The third-order valence-electron chi connectivity index (χ3n) is 3.96. The number of nitro groups is 1. The van der Waals surface area contributed by atoms with Crippen LogP contribution in [0, 0.1) is 17.0 Å². The summed E-state index contributed by atoms with van der Waals surface area (Å²) in [5.41, 5.74) is 5.95. The molecule has 0 saturated carbocycles. The highest BCUT2D eigenvalue weighted by Crippen LogP contribution is 2.14. The summed E-state index contributed by atoms with van der Waals surface area (Å²) >= 11 is 0. The first-order valence-electron chi connectivity index (χ1n) is 8.29. The van der Waals surface area contributed by atoms with Crippen LogP contribution in [0.2, 0.25) is 0 Å². The van der Waals surface area contributed by atoms with Crippen LogP contribution < -0.4 is 5.43 Å². The number of aryl methyl sites for hydroxylation is 1. The molecule has 3 rings (SSSR count). The first-order valence-corrected chi connectivity index (χ1v) is 8.29. The van der Waals surface area contributed by atoms with Crippen LogP contribution in [-0.2, 0) is 0 Å². The molecule has 0 aromatic heterocycles. The molecule has 3 aromatic carbocycles.